The molecule has 0 atom stereocenters. The van der Waals surface area contributed by atoms with E-state index < -0.39 is 5.91 Å². The second-order valence-corrected chi connectivity index (χ2v) is 2.83. The first-order chi connectivity index (χ1) is 5.77. The SMILES string of the molecule is COc1csc(C(=O)NC#N)c1. The molecule has 0 aliphatic heterocycles. The summed E-state index contributed by atoms with van der Waals surface area (Å²) < 4.78 is 4.87. The van der Waals surface area contributed by atoms with Gasteiger partial charge < -0.3 is 4.74 Å². The van der Waals surface area contributed by atoms with Crippen molar-refractivity contribution in [3.05, 3.63) is 16.3 Å². The highest BCUT2D eigenvalue weighted by molar-refractivity contribution is 7.12. The van der Waals surface area contributed by atoms with Crippen molar-refractivity contribution in [1.82, 2.24) is 5.32 Å². The Morgan fingerprint density at radius 2 is 2.58 bits per heavy atom. The smallest absolute Gasteiger partial charge is 0.274 e. The Balaban J connectivity index is 2.76. The average molecular weight is 182 g/mol. The topological polar surface area (TPSA) is 62.1 Å². The van der Waals surface area contributed by atoms with Crippen LogP contribution in [0.5, 0.6) is 5.75 Å². The van der Waals surface area contributed by atoms with Gasteiger partial charge in [-0.15, -0.1) is 11.3 Å². The molecule has 0 spiro atoms. The van der Waals surface area contributed by atoms with Crippen LogP contribution in [-0.2, 0) is 0 Å². The molecule has 0 aliphatic carbocycles. The number of methoxy groups -OCH3 is 1. The van der Waals surface area contributed by atoms with E-state index in [2.05, 4.69) is 0 Å². The lowest BCUT2D eigenvalue weighted by Gasteiger charge is -1.90. The molecule has 0 fully saturated rings. The molecule has 1 heterocycles. The van der Waals surface area contributed by atoms with Crippen molar-refractivity contribution in [2.75, 3.05) is 7.11 Å². The highest BCUT2D eigenvalue weighted by atomic mass is 32.1. The zero-order valence-corrected chi connectivity index (χ0v) is 7.14. The molecule has 1 amide bonds. The van der Waals surface area contributed by atoms with Crippen molar-refractivity contribution in [3.8, 4) is 11.9 Å². The van der Waals surface area contributed by atoms with E-state index in [9.17, 15) is 4.79 Å². The molecule has 1 rings (SSSR count). The van der Waals surface area contributed by atoms with E-state index >= 15 is 0 Å². The van der Waals surface area contributed by atoms with Crippen LogP contribution in [0.2, 0.25) is 0 Å². The second kappa shape index (κ2) is 3.74. The number of amides is 1. The molecule has 5 heteroatoms. The first-order valence-corrected chi connectivity index (χ1v) is 3.98. The number of nitrogens with one attached hydrogen (secondary N) is 1. The van der Waals surface area contributed by atoms with Crippen LogP contribution in [0.1, 0.15) is 9.67 Å². The summed E-state index contributed by atoms with van der Waals surface area (Å²) in [4.78, 5) is 11.5. The Hall–Kier alpha value is -1.54. The lowest BCUT2D eigenvalue weighted by atomic mass is 10.4. The first-order valence-electron chi connectivity index (χ1n) is 3.10. The molecule has 0 aliphatic rings. The Kier molecular flexibility index (Phi) is 2.66. The third-order valence-electron chi connectivity index (χ3n) is 1.20. The molecular formula is C7H6N2O2S. The minimum Gasteiger partial charge on any atom is -0.496 e. The maximum Gasteiger partial charge on any atom is 0.274 e. The summed E-state index contributed by atoms with van der Waals surface area (Å²) in [5, 5.41) is 11.9. The van der Waals surface area contributed by atoms with E-state index in [1.165, 1.54) is 18.4 Å². The standard InChI is InChI=1S/C7H6N2O2S/c1-11-5-2-6(12-3-5)7(10)9-4-8/h2-3H,1H3,(H,9,10). The van der Waals surface area contributed by atoms with Crippen molar-refractivity contribution in [1.29, 1.82) is 5.26 Å². The van der Waals surface area contributed by atoms with Gasteiger partial charge in [-0.1, -0.05) is 0 Å². The van der Waals surface area contributed by atoms with Gasteiger partial charge in [0.1, 0.15) is 5.75 Å². The van der Waals surface area contributed by atoms with Crippen LogP contribution in [-0.4, -0.2) is 13.0 Å². The van der Waals surface area contributed by atoms with Crippen LogP contribution in [0.15, 0.2) is 11.4 Å². The fraction of sp³-hybridized carbons (Fsp3) is 0.143. The molecule has 0 saturated heterocycles. The molecule has 0 bridgehead atoms. The van der Waals surface area contributed by atoms with E-state index in [4.69, 9.17) is 10.00 Å². The van der Waals surface area contributed by atoms with E-state index in [1.807, 2.05) is 5.32 Å². The fourth-order valence-corrected chi connectivity index (χ4v) is 1.41. The largest absolute Gasteiger partial charge is 0.496 e. The van der Waals surface area contributed by atoms with Crippen molar-refractivity contribution < 1.29 is 9.53 Å². The zero-order chi connectivity index (χ0) is 8.97. The molecule has 62 valence electrons. The van der Waals surface area contributed by atoms with Crippen LogP contribution >= 0.6 is 11.3 Å². The Morgan fingerprint density at radius 1 is 1.83 bits per heavy atom. The van der Waals surface area contributed by atoms with Crippen LogP contribution < -0.4 is 10.1 Å². The van der Waals surface area contributed by atoms with Gasteiger partial charge in [0, 0.05) is 11.4 Å². The second-order valence-electron chi connectivity index (χ2n) is 1.92. The van der Waals surface area contributed by atoms with E-state index in [0.717, 1.165) is 0 Å². The third-order valence-corrected chi connectivity index (χ3v) is 2.11. The van der Waals surface area contributed by atoms with Gasteiger partial charge in [-0.25, -0.2) is 0 Å². The molecule has 1 aromatic rings. The summed E-state index contributed by atoms with van der Waals surface area (Å²) in [5.74, 6) is 0.230. The summed E-state index contributed by atoms with van der Waals surface area (Å²) in [6.45, 7) is 0. The normalized spacial score (nSPS) is 8.67. The van der Waals surface area contributed by atoms with Crippen LogP contribution in [0.4, 0.5) is 0 Å². The number of thiophene rings is 1. The average Bonchev–Trinajstić information content (AvgIpc) is 2.52. The number of carbonyl (C=O) groups is 1. The lowest BCUT2D eigenvalue weighted by Crippen LogP contribution is -2.15. The molecule has 1 N–H and O–H groups in total. The molecule has 4 nitrogen and oxygen atoms in total. The summed E-state index contributed by atoms with van der Waals surface area (Å²) in [6.07, 6.45) is 1.56. The third kappa shape index (κ3) is 1.74. The van der Waals surface area contributed by atoms with Gasteiger partial charge in [0.2, 0.25) is 0 Å². The number of nitrogens with zero attached hydrogens (tertiary/aromatic N) is 1. The number of nitriles is 1. The van der Waals surface area contributed by atoms with Crippen molar-refractivity contribution in [3.63, 3.8) is 0 Å². The summed E-state index contributed by atoms with van der Waals surface area (Å²) in [7, 11) is 1.52. The summed E-state index contributed by atoms with van der Waals surface area (Å²) in [5.41, 5.74) is 0. The Bertz CT molecular complexity index is 326. The Morgan fingerprint density at radius 3 is 3.08 bits per heavy atom. The predicted molar refractivity (Wildman–Crippen MR) is 44.0 cm³/mol. The summed E-state index contributed by atoms with van der Waals surface area (Å²) in [6, 6.07) is 1.58. The maximum absolute atomic E-state index is 11.0. The highest BCUT2D eigenvalue weighted by Gasteiger charge is 2.07. The minimum absolute atomic E-state index is 0.397. The molecule has 12 heavy (non-hydrogen) atoms. The minimum atomic E-state index is -0.397. The maximum atomic E-state index is 11.0. The van der Waals surface area contributed by atoms with Crippen LogP contribution in [0.3, 0.4) is 0 Å². The quantitative estimate of drug-likeness (QED) is 0.547. The lowest BCUT2D eigenvalue weighted by molar-refractivity contribution is 0.0976. The van der Waals surface area contributed by atoms with Gasteiger partial charge in [-0.05, 0) is 0 Å². The zero-order valence-electron chi connectivity index (χ0n) is 6.33. The van der Waals surface area contributed by atoms with Gasteiger partial charge >= 0.3 is 0 Å². The van der Waals surface area contributed by atoms with Gasteiger partial charge in [0.05, 0.1) is 12.0 Å². The van der Waals surface area contributed by atoms with Crippen LogP contribution in [0, 0.1) is 11.5 Å². The number of carbonyl (C=O) groups excluding carboxylic acids is 1. The number of rotatable bonds is 2. The predicted octanol–water partition coefficient (Wildman–Crippen LogP) is 0.968. The Labute approximate surface area is 73.4 Å². The van der Waals surface area contributed by atoms with Gasteiger partial charge in [0.15, 0.2) is 6.19 Å². The first kappa shape index (κ1) is 8.56. The number of ether oxygens (including phenoxy) is 1. The number of hydrogen-bond donors (Lipinski definition) is 1. The van der Waals surface area contributed by atoms with Gasteiger partial charge in [-0.3, -0.25) is 10.1 Å². The van der Waals surface area contributed by atoms with Crippen LogP contribution in [0.25, 0.3) is 0 Å². The molecule has 0 radical (unpaired) electrons. The van der Waals surface area contributed by atoms with Gasteiger partial charge in [0.25, 0.3) is 5.91 Å². The van der Waals surface area contributed by atoms with Crippen molar-refractivity contribution >= 4 is 17.2 Å². The molecule has 0 saturated carbocycles. The van der Waals surface area contributed by atoms with Crippen molar-refractivity contribution in [2.24, 2.45) is 0 Å². The monoisotopic (exact) mass is 182 g/mol. The van der Waals surface area contributed by atoms with Crippen molar-refractivity contribution in [2.45, 2.75) is 0 Å². The fourth-order valence-electron chi connectivity index (χ4n) is 0.657. The number of hydrogen-bond acceptors (Lipinski definition) is 4. The highest BCUT2D eigenvalue weighted by Crippen LogP contribution is 2.20. The van der Waals surface area contributed by atoms with Gasteiger partial charge in [-0.2, -0.15) is 5.26 Å². The van der Waals surface area contributed by atoms with E-state index in [1.54, 1.807) is 17.6 Å². The summed E-state index contributed by atoms with van der Waals surface area (Å²) >= 11 is 1.23. The molecule has 1 aromatic heterocycles. The molecule has 0 unspecified atom stereocenters. The molecule has 0 aromatic carbocycles. The molecular weight excluding hydrogens is 176 g/mol. The van der Waals surface area contributed by atoms with E-state index in [-0.39, 0.29) is 0 Å². The van der Waals surface area contributed by atoms with E-state index in [0.29, 0.717) is 10.6 Å².